The maximum absolute atomic E-state index is 10.2. The second-order valence-corrected chi connectivity index (χ2v) is 4.03. The molecule has 0 amide bonds. The summed E-state index contributed by atoms with van der Waals surface area (Å²) in [7, 11) is 0. The van der Waals surface area contributed by atoms with Crippen molar-refractivity contribution in [2.45, 2.75) is 25.7 Å². The van der Waals surface area contributed by atoms with Crippen LogP contribution in [0.4, 0.5) is 0 Å². The number of hydrogen-bond acceptors (Lipinski definition) is 3. The SMILES string of the molecule is NC[C@H]1CC[C@@H](COCC(=O)O)CC1. The molecule has 4 nitrogen and oxygen atoms in total. The van der Waals surface area contributed by atoms with Crippen LogP contribution in [0.5, 0.6) is 0 Å². The molecule has 0 atom stereocenters. The smallest absolute Gasteiger partial charge is 0.329 e. The molecule has 4 heteroatoms. The number of carboxylic acids is 1. The molecular formula is C10H19NO3. The minimum absolute atomic E-state index is 0.170. The van der Waals surface area contributed by atoms with E-state index in [-0.39, 0.29) is 6.61 Å². The molecule has 1 aliphatic rings. The molecule has 0 bridgehead atoms. The first kappa shape index (κ1) is 11.5. The number of hydrogen-bond donors (Lipinski definition) is 2. The van der Waals surface area contributed by atoms with Crippen molar-refractivity contribution < 1.29 is 14.6 Å². The minimum atomic E-state index is -0.888. The van der Waals surface area contributed by atoms with E-state index in [1.807, 2.05) is 0 Å². The zero-order valence-corrected chi connectivity index (χ0v) is 8.45. The maximum Gasteiger partial charge on any atom is 0.329 e. The fraction of sp³-hybridized carbons (Fsp3) is 0.900. The van der Waals surface area contributed by atoms with Gasteiger partial charge >= 0.3 is 5.97 Å². The zero-order chi connectivity index (χ0) is 10.4. The van der Waals surface area contributed by atoms with E-state index in [0.717, 1.165) is 32.2 Å². The summed E-state index contributed by atoms with van der Waals surface area (Å²) in [5.74, 6) is 0.323. The lowest BCUT2D eigenvalue weighted by molar-refractivity contribution is -0.142. The van der Waals surface area contributed by atoms with Crippen molar-refractivity contribution in [3.8, 4) is 0 Å². The topological polar surface area (TPSA) is 72.5 Å². The second kappa shape index (κ2) is 5.98. The maximum atomic E-state index is 10.2. The van der Waals surface area contributed by atoms with Crippen LogP contribution < -0.4 is 5.73 Å². The summed E-state index contributed by atoms with van der Waals surface area (Å²) < 4.78 is 5.07. The van der Waals surface area contributed by atoms with Gasteiger partial charge in [0.25, 0.3) is 0 Å². The number of rotatable bonds is 5. The van der Waals surface area contributed by atoms with Crippen molar-refractivity contribution in [1.29, 1.82) is 0 Å². The second-order valence-electron chi connectivity index (χ2n) is 4.03. The van der Waals surface area contributed by atoms with Gasteiger partial charge in [0.15, 0.2) is 0 Å². The molecule has 0 saturated heterocycles. The summed E-state index contributed by atoms with van der Waals surface area (Å²) in [5, 5.41) is 8.38. The fourth-order valence-corrected chi connectivity index (χ4v) is 1.95. The lowest BCUT2D eigenvalue weighted by Crippen LogP contribution is -2.24. The van der Waals surface area contributed by atoms with E-state index in [0.29, 0.717) is 18.4 Å². The Kier molecular flexibility index (Phi) is 4.90. The third-order valence-corrected chi connectivity index (χ3v) is 2.88. The van der Waals surface area contributed by atoms with Crippen LogP contribution in [0.15, 0.2) is 0 Å². The van der Waals surface area contributed by atoms with E-state index >= 15 is 0 Å². The van der Waals surface area contributed by atoms with E-state index in [1.165, 1.54) is 0 Å². The van der Waals surface area contributed by atoms with Crippen LogP contribution in [0.2, 0.25) is 0 Å². The van der Waals surface area contributed by atoms with Crippen LogP contribution in [0.3, 0.4) is 0 Å². The summed E-state index contributed by atoms with van der Waals surface area (Å²) in [5.41, 5.74) is 5.58. The summed E-state index contributed by atoms with van der Waals surface area (Å²) in [6.45, 7) is 1.20. The molecule has 1 saturated carbocycles. The lowest BCUT2D eigenvalue weighted by Gasteiger charge is -2.27. The third-order valence-electron chi connectivity index (χ3n) is 2.88. The molecular weight excluding hydrogens is 182 g/mol. The van der Waals surface area contributed by atoms with Crippen molar-refractivity contribution in [3.05, 3.63) is 0 Å². The Morgan fingerprint density at radius 3 is 2.36 bits per heavy atom. The molecule has 0 aromatic carbocycles. The normalized spacial score (nSPS) is 27.5. The highest BCUT2D eigenvalue weighted by Gasteiger charge is 2.20. The predicted molar refractivity (Wildman–Crippen MR) is 53.0 cm³/mol. The zero-order valence-electron chi connectivity index (χ0n) is 8.45. The Labute approximate surface area is 84.4 Å². The molecule has 1 rings (SSSR count). The number of carboxylic acid groups (broad SMARTS) is 1. The van der Waals surface area contributed by atoms with E-state index in [2.05, 4.69) is 0 Å². The van der Waals surface area contributed by atoms with Crippen LogP contribution in [0.25, 0.3) is 0 Å². The van der Waals surface area contributed by atoms with Gasteiger partial charge in [0.1, 0.15) is 6.61 Å². The average molecular weight is 201 g/mol. The van der Waals surface area contributed by atoms with Crippen molar-refractivity contribution in [2.75, 3.05) is 19.8 Å². The predicted octanol–water partition coefficient (Wildman–Crippen LogP) is 0.853. The summed E-state index contributed by atoms with van der Waals surface area (Å²) in [4.78, 5) is 10.2. The Morgan fingerprint density at radius 1 is 1.29 bits per heavy atom. The molecule has 0 aromatic heterocycles. The third kappa shape index (κ3) is 4.07. The van der Waals surface area contributed by atoms with Gasteiger partial charge in [-0.15, -0.1) is 0 Å². The molecule has 0 heterocycles. The molecule has 0 spiro atoms. The first-order chi connectivity index (χ1) is 6.72. The molecule has 0 aromatic rings. The van der Waals surface area contributed by atoms with Gasteiger partial charge in [-0.2, -0.15) is 0 Å². The largest absolute Gasteiger partial charge is 0.480 e. The minimum Gasteiger partial charge on any atom is -0.480 e. The molecule has 1 aliphatic carbocycles. The highest BCUT2D eigenvalue weighted by Crippen LogP contribution is 2.27. The van der Waals surface area contributed by atoms with Gasteiger partial charge in [-0.25, -0.2) is 4.79 Å². The Bertz CT molecular complexity index is 176. The fourth-order valence-electron chi connectivity index (χ4n) is 1.95. The quantitative estimate of drug-likeness (QED) is 0.691. The monoisotopic (exact) mass is 201 g/mol. The molecule has 0 unspecified atom stereocenters. The van der Waals surface area contributed by atoms with Crippen LogP contribution in [-0.4, -0.2) is 30.8 Å². The summed E-state index contributed by atoms with van der Waals surface area (Å²) >= 11 is 0. The summed E-state index contributed by atoms with van der Waals surface area (Å²) in [6, 6.07) is 0. The van der Waals surface area contributed by atoms with Gasteiger partial charge in [0.2, 0.25) is 0 Å². The van der Waals surface area contributed by atoms with Gasteiger partial charge < -0.3 is 15.6 Å². The van der Waals surface area contributed by atoms with E-state index in [1.54, 1.807) is 0 Å². The molecule has 1 fully saturated rings. The van der Waals surface area contributed by atoms with Crippen LogP contribution >= 0.6 is 0 Å². The van der Waals surface area contributed by atoms with Crippen molar-refractivity contribution in [1.82, 2.24) is 0 Å². The highest BCUT2D eigenvalue weighted by molar-refractivity contribution is 5.67. The summed E-state index contributed by atoms with van der Waals surface area (Å²) in [6.07, 6.45) is 4.58. The van der Waals surface area contributed by atoms with Gasteiger partial charge in [0.05, 0.1) is 6.61 Å². The van der Waals surface area contributed by atoms with Crippen molar-refractivity contribution in [2.24, 2.45) is 17.6 Å². The highest BCUT2D eigenvalue weighted by atomic mass is 16.5. The van der Waals surface area contributed by atoms with E-state index in [9.17, 15) is 4.79 Å². The average Bonchev–Trinajstić information content (AvgIpc) is 2.18. The van der Waals surface area contributed by atoms with Gasteiger partial charge in [-0.1, -0.05) is 0 Å². The van der Waals surface area contributed by atoms with Gasteiger partial charge in [0, 0.05) is 0 Å². The first-order valence-corrected chi connectivity index (χ1v) is 5.22. The van der Waals surface area contributed by atoms with Gasteiger partial charge in [-0.3, -0.25) is 0 Å². The molecule has 0 radical (unpaired) electrons. The number of aliphatic carboxylic acids is 1. The van der Waals surface area contributed by atoms with Crippen molar-refractivity contribution >= 4 is 5.97 Å². The number of nitrogens with two attached hydrogens (primary N) is 1. The van der Waals surface area contributed by atoms with E-state index < -0.39 is 5.97 Å². The lowest BCUT2D eigenvalue weighted by atomic mass is 9.82. The van der Waals surface area contributed by atoms with Crippen LogP contribution in [0.1, 0.15) is 25.7 Å². The standard InChI is InChI=1S/C10H19NO3/c11-5-8-1-3-9(4-2-8)6-14-7-10(12)13/h8-9H,1-7,11H2,(H,12,13)/t8-,9+. The van der Waals surface area contributed by atoms with Crippen LogP contribution in [0, 0.1) is 11.8 Å². The van der Waals surface area contributed by atoms with E-state index in [4.69, 9.17) is 15.6 Å². The number of carbonyl (C=O) groups is 1. The first-order valence-electron chi connectivity index (χ1n) is 5.22. The van der Waals surface area contributed by atoms with Crippen molar-refractivity contribution in [3.63, 3.8) is 0 Å². The molecule has 0 aliphatic heterocycles. The number of ether oxygens (including phenoxy) is 1. The molecule has 3 N–H and O–H groups in total. The Morgan fingerprint density at radius 2 is 1.86 bits per heavy atom. The Balaban J connectivity index is 2.07. The van der Waals surface area contributed by atoms with Gasteiger partial charge in [-0.05, 0) is 44.1 Å². The molecule has 14 heavy (non-hydrogen) atoms. The Hall–Kier alpha value is -0.610. The molecule has 82 valence electrons. The van der Waals surface area contributed by atoms with Crippen LogP contribution in [-0.2, 0) is 9.53 Å².